The van der Waals surface area contributed by atoms with Gasteiger partial charge in [-0.1, -0.05) is 30.3 Å². The molecule has 1 aliphatic rings. The topological polar surface area (TPSA) is 89.8 Å². The van der Waals surface area contributed by atoms with Gasteiger partial charge in [-0.05, 0) is 85.1 Å². The van der Waals surface area contributed by atoms with E-state index >= 15 is 0 Å². The zero-order chi connectivity index (χ0) is 25.1. The number of nitro groups is 1. The number of hydrogen-bond donors (Lipinski definition) is 0. The average molecular weight is 622 g/mol. The predicted molar refractivity (Wildman–Crippen MR) is 137 cm³/mol. The fourth-order valence-corrected chi connectivity index (χ4v) is 5.61. The summed E-state index contributed by atoms with van der Waals surface area (Å²) in [5.74, 6) is -0.329. The van der Waals surface area contributed by atoms with Crippen molar-refractivity contribution in [2.75, 3.05) is 0 Å². The molecule has 0 N–H and O–H groups in total. The van der Waals surface area contributed by atoms with Gasteiger partial charge in [0.25, 0.3) is 16.8 Å². The minimum absolute atomic E-state index is 0.153. The van der Waals surface area contributed by atoms with Crippen LogP contribution in [0.15, 0.2) is 74.5 Å². The van der Waals surface area contributed by atoms with Crippen LogP contribution in [0.3, 0.4) is 0 Å². The Kier molecular flexibility index (Phi) is 7.68. The lowest BCUT2D eigenvalue weighted by Gasteiger charge is -2.13. The van der Waals surface area contributed by atoms with Crippen LogP contribution < -0.4 is 4.74 Å². The lowest BCUT2D eigenvalue weighted by atomic mass is 10.1. The number of carbonyl (C=O) groups is 2. The molecule has 1 fully saturated rings. The first kappa shape index (κ1) is 25.1. The van der Waals surface area contributed by atoms with Crippen molar-refractivity contribution >= 4 is 66.5 Å². The maximum absolute atomic E-state index is 13.1. The maximum Gasteiger partial charge on any atom is 0.293 e. The van der Waals surface area contributed by atoms with Crippen molar-refractivity contribution in [3.63, 3.8) is 0 Å². The summed E-state index contributed by atoms with van der Waals surface area (Å²) in [5.41, 5.74) is 1.55. The number of thioether (sulfide) groups is 1. The van der Waals surface area contributed by atoms with Gasteiger partial charge in [-0.15, -0.1) is 0 Å². The quantitative estimate of drug-likeness (QED) is 0.159. The second-order valence-corrected chi connectivity index (χ2v) is 10.1. The summed E-state index contributed by atoms with van der Waals surface area (Å²) in [5, 5.41) is 10.8. The smallest absolute Gasteiger partial charge is 0.293 e. The first-order valence-electron chi connectivity index (χ1n) is 10.1. The highest BCUT2D eigenvalue weighted by Crippen LogP contribution is 2.38. The van der Waals surface area contributed by atoms with Crippen LogP contribution in [0.4, 0.5) is 14.9 Å². The minimum atomic E-state index is -0.543. The van der Waals surface area contributed by atoms with E-state index in [9.17, 15) is 24.1 Å². The summed E-state index contributed by atoms with van der Waals surface area (Å²) in [6, 6.07) is 15.4. The van der Waals surface area contributed by atoms with Gasteiger partial charge in [0.2, 0.25) is 0 Å². The third-order valence-corrected chi connectivity index (χ3v) is 7.09. The summed E-state index contributed by atoms with van der Waals surface area (Å²) >= 11 is 7.69. The Hall–Kier alpha value is -3.02. The summed E-state index contributed by atoms with van der Waals surface area (Å²) in [6.45, 7) is 0.0318. The van der Waals surface area contributed by atoms with Gasteiger partial charge in [0, 0.05) is 11.6 Å². The van der Waals surface area contributed by atoms with E-state index in [-0.39, 0.29) is 35.1 Å². The monoisotopic (exact) mass is 620 g/mol. The van der Waals surface area contributed by atoms with E-state index in [4.69, 9.17) is 4.74 Å². The molecule has 0 spiro atoms. The fraction of sp³-hybridized carbons (Fsp3) is 0.0833. The first-order chi connectivity index (χ1) is 16.7. The van der Waals surface area contributed by atoms with E-state index in [2.05, 4.69) is 31.9 Å². The molecule has 3 aromatic rings. The Bertz CT molecular complexity index is 1340. The molecule has 35 heavy (non-hydrogen) atoms. The highest BCUT2D eigenvalue weighted by atomic mass is 79.9. The number of amides is 2. The van der Waals surface area contributed by atoms with Gasteiger partial charge >= 0.3 is 0 Å². The van der Waals surface area contributed by atoms with E-state index < -0.39 is 16.1 Å². The standard InChI is InChI=1S/C24H15Br2FN2O5S/c25-18-9-15(10-19(26)22(18)34-13-14-5-7-17(27)8-6-14)11-21-23(30)28(24(31)35-21)12-16-3-1-2-4-20(16)29(32)33/h1-11H,12-13H2/b21-11-. The normalized spacial score (nSPS) is 14.6. The predicted octanol–water partition coefficient (Wildman–Crippen LogP) is 7.07. The number of halogens is 3. The third-order valence-electron chi connectivity index (χ3n) is 5.01. The number of para-hydroxylation sites is 1. The molecule has 178 valence electrons. The molecule has 1 aliphatic heterocycles. The maximum atomic E-state index is 13.1. The van der Waals surface area contributed by atoms with Gasteiger partial charge in [0.05, 0.1) is 25.3 Å². The molecule has 1 saturated heterocycles. The second kappa shape index (κ2) is 10.7. The summed E-state index contributed by atoms with van der Waals surface area (Å²) in [4.78, 5) is 37.3. The average Bonchev–Trinajstić information content (AvgIpc) is 3.07. The molecule has 7 nitrogen and oxygen atoms in total. The number of imide groups is 1. The lowest BCUT2D eigenvalue weighted by Crippen LogP contribution is -2.27. The van der Waals surface area contributed by atoms with Gasteiger partial charge in [-0.2, -0.15) is 0 Å². The summed E-state index contributed by atoms with van der Waals surface area (Å²) < 4.78 is 20.2. The molecule has 4 rings (SSSR count). The van der Waals surface area contributed by atoms with Crippen LogP contribution in [-0.2, 0) is 17.9 Å². The number of carbonyl (C=O) groups excluding carboxylic acids is 2. The number of nitrogens with zero attached hydrogens (tertiary/aromatic N) is 2. The zero-order valence-corrected chi connectivity index (χ0v) is 21.7. The number of benzene rings is 3. The van der Waals surface area contributed by atoms with E-state index in [1.165, 1.54) is 30.3 Å². The molecule has 0 unspecified atom stereocenters. The molecule has 0 saturated carbocycles. The van der Waals surface area contributed by atoms with Crippen molar-refractivity contribution in [1.29, 1.82) is 0 Å². The van der Waals surface area contributed by atoms with Crippen LogP contribution in [0, 0.1) is 15.9 Å². The fourth-order valence-electron chi connectivity index (χ4n) is 3.32. The zero-order valence-electron chi connectivity index (χ0n) is 17.7. The van der Waals surface area contributed by atoms with E-state index in [1.54, 1.807) is 36.4 Å². The van der Waals surface area contributed by atoms with E-state index in [0.717, 1.165) is 22.2 Å². The Morgan fingerprint density at radius 1 is 1.06 bits per heavy atom. The summed E-state index contributed by atoms with van der Waals surface area (Å²) in [6.07, 6.45) is 1.57. The molecule has 11 heteroatoms. The van der Waals surface area contributed by atoms with E-state index in [0.29, 0.717) is 20.3 Å². The molecule has 3 aromatic carbocycles. The van der Waals surface area contributed by atoms with Crippen LogP contribution in [0.2, 0.25) is 0 Å². The molecule has 2 amide bonds. The molecule has 0 bridgehead atoms. The Morgan fingerprint density at radius 2 is 1.71 bits per heavy atom. The van der Waals surface area contributed by atoms with Gasteiger partial charge in [0.1, 0.15) is 18.2 Å². The van der Waals surface area contributed by atoms with Crippen molar-refractivity contribution in [3.8, 4) is 5.75 Å². The van der Waals surface area contributed by atoms with Crippen molar-refractivity contribution in [2.45, 2.75) is 13.2 Å². The number of ether oxygens (including phenoxy) is 1. The first-order valence-corrected chi connectivity index (χ1v) is 12.5. The SMILES string of the molecule is O=C1S/C(=C\c2cc(Br)c(OCc3ccc(F)cc3)c(Br)c2)C(=O)N1Cc1ccccc1[N+](=O)[O-]. The Balaban J connectivity index is 1.51. The summed E-state index contributed by atoms with van der Waals surface area (Å²) in [7, 11) is 0. The minimum Gasteiger partial charge on any atom is -0.487 e. The highest BCUT2D eigenvalue weighted by Gasteiger charge is 2.36. The van der Waals surface area contributed by atoms with Crippen molar-refractivity contribution < 1.29 is 23.6 Å². The molecular weight excluding hydrogens is 607 g/mol. The van der Waals surface area contributed by atoms with Crippen LogP contribution in [-0.4, -0.2) is 21.0 Å². The van der Waals surface area contributed by atoms with E-state index in [1.807, 2.05) is 0 Å². The van der Waals surface area contributed by atoms with Crippen molar-refractivity contribution in [1.82, 2.24) is 4.90 Å². The van der Waals surface area contributed by atoms with Crippen molar-refractivity contribution in [2.24, 2.45) is 0 Å². The largest absolute Gasteiger partial charge is 0.487 e. The molecule has 0 aromatic heterocycles. The highest BCUT2D eigenvalue weighted by molar-refractivity contribution is 9.11. The number of nitro benzene ring substituents is 1. The van der Waals surface area contributed by atoms with Crippen LogP contribution in [0.5, 0.6) is 5.75 Å². The van der Waals surface area contributed by atoms with Crippen molar-refractivity contribution in [3.05, 3.63) is 107 Å². The van der Waals surface area contributed by atoms with Gasteiger partial charge in [-0.3, -0.25) is 24.6 Å². The van der Waals surface area contributed by atoms with Crippen LogP contribution in [0.25, 0.3) is 6.08 Å². The van der Waals surface area contributed by atoms with Gasteiger partial charge in [0.15, 0.2) is 0 Å². The van der Waals surface area contributed by atoms with Crippen LogP contribution in [0.1, 0.15) is 16.7 Å². The van der Waals surface area contributed by atoms with Crippen LogP contribution >= 0.6 is 43.6 Å². The second-order valence-electron chi connectivity index (χ2n) is 7.38. The lowest BCUT2D eigenvalue weighted by molar-refractivity contribution is -0.385. The molecule has 0 aliphatic carbocycles. The number of rotatable bonds is 7. The molecule has 1 heterocycles. The third kappa shape index (κ3) is 5.80. The molecular formula is C24H15Br2FN2O5S. The molecule has 0 atom stereocenters. The molecule has 0 radical (unpaired) electrons. The van der Waals surface area contributed by atoms with Gasteiger partial charge in [-0.25, -0.2) is 4.39 Å². The Morgan fingerprint density at radius 3 is 2.37 bits per heavy atom. The van der Waals surface area contributed by atoms with Gasteiger partial charge < -0.3 is 4.74 Å². The number of hydrogen-bond acceptors (Lipinski definition) is 6. The Labute approximate surface area is 220 Å².